The fraction of sp³-hybridized carbons (Fsp3) is 0.278. The summed E-state index contributed by atoms with van der Waals surface area (Å²) in [4.78, 5) is 30.0. The molecule has 0 bridgehead atoms. The van der Waals surface area contributed by atoms with Crippen LogP contribution in [-0.2, 0) is 32.6 Å². The summed E-state index contributed by atoms with van der Waals surface area (Å²) in [6.45, 7) is 7.26. The Labute approximate surface area is 271 Å². The molecule has 4 aromatic rings. The van der Waals surface area contributed by atoms with E-state index in [4.69, 9.17) is 11.6 Å². The molecule has 0 aromatic heterocycles. The van der Waals surface area contributed by atoms with Crippen LogP contribution in [0.3, 0.4) is 0 Å². The van der Waals surface area contributed by atoms with Gasteiger partial charge in [-0.3, -0.25) is 13.9 Å². The molecule has 0 heterocycles. The highest BCUT2D eigenvalue weighted by molar-refractivity contribution is 7.92. The Kier molecular flexibility index (Phi) is 11.4. The SMILES string of the molecule is CC[C@@H](C)NC(=O)[C@@H](Cc1ccccc1)N(Cc1ccc(C)cc1)C(=O)CN(c1ccc(C)c(Cl)c1)S(=O)(=O)c1ccccc1. The number of hydrogen-bond donors (Lipinski definition) is 1. The first-order valence-corrected chi connectivity index (χ1v) is 16.8. The topological polar surface area (TPSA) is 86.8 Å². The van der Waals surface area contributed by atoms with Crippen LogP contribution in [0.25, 0.3) is 0 Å². The number of anilines is 1. The third-order valence-electron chi connectivity index (χ3n) is 7.80. The molecule has 7 nitrogen and oxygen atoms in total. The van der Waals surface area contributed by atoms with Crippen molar-refractivity contribution in [2.75, 3.05) is 10.8 Å². The van der Waals surface area contributed by atoms with E-state index in [-0.39, 0.29) is 35.5 Å². The molecule has 236 valence electrons. The number of hydrogen-bond acceptors (Lipinski definition) is 4. The van der Waals surface area contributed by atoms with E-state index in [1.54, 1.807) is 36.4 Å². The molecule has 0 aliphatic carbocycles. The molecule has 0 unspecified atom stereocenters. The standard InChI is InChI=1S/C36H40ClN3O4S/c1-5-28(4)38-36(42)34(22-29-12-8-6-9-13-29)39(24-30-19-16-26(2)17-20-30)35(41)25-40(31-21-18-27(3)33(37)23-31)45(43,44)32-14-10-7-11-15-32/h6-21,23,28,34H,5,22,24-25H2,1-4H3,(H,38,42)/t28-,34-/m1/s1. The number of amides is 2. The Morgan fingerprint density at radius 1 is 0.844 bits per heavy atom. The summed E-state index contributed by atoms with van der Waals surface area (Å²) in [5.74, 6) is -0.823. The van der Waals surface area contributed by atoms with Crippen LogP contribution in [0.2, 0.25) is 5.02 Å². The van der Waals surface area contributed by atoms with Gasteiger partial charge in [-0.2, -0.15) is 0 Å². The number of rotatable bonds is 13. The molecular weight excluding hydrogens is 606 g/mol. The number of carbonyl (C=O) groups excluding carboxylic acids is 2. The first kappa shape index (κ1) is 33.7. The molecule has 0 aliphatic rings. The summed E-state index contributed by atoms with van der Waals surface area (Å²) in [5.41, 5.74) is 3.78. The highest BCUT2D eigenvalue weighted by Gasteiger charge is 2.35. The Bertz CT molecular complexity index is 1700. The van der Waals surface area contributed by atoms with E-state index in [1.807, 2.05) is 82.3 Å². The molecule has 1 N–H and O–H groups in total. The highest BCUT2D eigenvalue weighted by Crippen LogP contribution is 2.29. The smallest absolute Gasteiger partial charge is 0.264 e. The third-order valence-corrected chi connectivity index (χ3v) is 9.99. The second kappa shape index (κ2) is 15.2. The van der Waals surface area contributed by atoms with Crippen molar-refractivity contribution in [3.63, 3.8) is 0 Å². The van der Waals surface area contributed by atoms with E-state index in [2.05, 4.69) is 5.32 Å². The first-order chi connectivity index (χ1) is 21.5. The van der Waals surface area contributed by atoms with Gasteiger partial charge in [0.2, 0.25) is 11.8 Å². The summed E-state index contributed by atoms with van der Waals surface area (Å²) >= 11 is 6.45. The minimum absolute atomic E-state index is 0.0370. The van der Waals surface area contributed by atoms with Gasteiger partial charge in [0, 0.05) is 24.0 Å². The Hall–Kier alpha value is -4.14. The van der Waals surface area contributed by atoms with Crippen LogP contribution in [0.4, 0.5) is 5.69 Å². The molecule has 2 amide bonds. The van der Waals surface area contributed by atoms with Crippen molar-refractivity contribution in [3.05, 3.63) is 130 Å². The summed E-state index contributed by atoms with van der Waals surface area (Å²) in [7, 11) is -4.19. The molecule has 2 atom stereocenters. The number of nitrogens with zero attached hydrogens (tertiary/aromatic N) is 2. The predicted molar refractivity (Wildman–Crippen MR) is 181 cm³/mol. The van der Waals surface area contributed by atoms with Crippen LogP contribution in [0.5, 0.6) is 0 Å². The lowest BCUT2D eigenvalue weighted by Crippen LogP contribution is -2.54. The molecule has 9 heteroatoms. The molecular formula is C36H40ClN3O4S. The van der Waals surface area contributed by atoms with Gasteiger partial charge in [-0.15, -0.1) is 0 Å². The summed E-state index contributed by atoms with van der Waals surface area (Å²) in [6, 6.07) is 29.1. The maximum absolute atomic E-state index is 14.5. The maximum atomic E-state index is 14.5. The summed E-state index contributed by atoms with van der Waals surface area (Å²) in [6.07, 6.45) is 0.968. The molecule has 0 spiro atoms. The third kappa shape index (κ3) is 8.74. The highest BCUT2D eigenvalue weighted by atomic mass is 35.5. The molecule has 4 aromatic carbocycles. The van der Waals surface area contributed by atoms with Crippen LogP contribution in [0.1, 0.15) is 42.5 Å². The quantitative estimate of drug-likeness (QED) is 0.175. The number of carbonyl (C=O) groups is 2. The van der Waals surface area contributed by atoms with Crippen LogP contribution in [-0.4, -0.2) is 43.8 Å². The molecule has 0 aliphatic heterocycles. The van der Waals surface area contributed by atoms with Crippen LogP contribution >= 0.6 is 11.6 Å². The van der Waals surface area contributed by atoms with E-state index in [0.29, 0.717) is 11.4 Å². The first-order valence-electron chi connectivity index (χ1n) is 15.0. The Balaban J connectivity index is 1.81. The fourth-order valence-electron chi connectivity index (χ4n) is 4.87. The van der Waals surface area contributed by atoms with Crippen molar-refractivity contribution in [1.29, 1.82) is 0 Å². The van der Waals surface area contributed by atoms with Gasteiger partial charge in [-0.05, 0) is 68.1 Å². The fourth-order valence-corrected chi connectivity index (χ4v) is 6.47. The zero-order valence-electron chi connectivity index (χ0n) is 26.1. The lowest BCUT2D eigenvalue weighted by atomic mass is 10.0. The van der Waals surface area contributed by atoms with E-state index in [1.165, 1.54) is 17.0 Å². The number of sulfonamides is 1. The lowest BCUT2D eigenvalue weighted by molar-refractivity contribution is -0.140. The van der Waals surface area contributed by atoms with Crippen molar-refractivity contribution in [1.82, 2.24) is 10.2 Å². The van der Waals surface area contributed by atoms with Crippen LogP contribution in [0.15, 0.2) is 108 Å². The molecule has 0 saturated carbocycles. The lowest BCUT2D eigenvalue weighted by Gasteiger charge is -2.34. The van der Waals surface area contributed by atoms with Gasteiger partial charge in [0.05, 0.1) is 10.6 Å². The van der Waals surface area contributed by atoms with Crippen molar-refractivity contribution in [3.8, 4) is 0 Å². The molecule has 45 heavy (non-hydrogen) atoms. The Morgan fingerprint density at radius 3 is 2.07 bits per heavy atom. The second-order valence-corrected chi connectivity index (χ2v) is 13.6. The molecule has 0 saturated heterocycles. The van der Waals surface area contributed by atoms with E-state index in [0.717, 1.165) is 26.6 Å². The van der Waals surface area contributed by atoms with E-state index in [9.17, 15) is 18.0 Å². The monoisotopic (exact) mass is 645 g/mol. The minimum Gasteiger partial charge on any atom is -0.352 e. The maximum Gasteiger partial charge on any atom is 0.264 e. The van der Waals surface area contributed by atoms with Crippen molar-refractivity contribution < 1.29 is 18.0 Å². The van der Waals surface area contributed by atoms with Gasteiger partial charge >= 0.3 is 0 Å². The summed E-state index contributed by atoms with van der Waals surface area (Å²) in [5, 5.41) is 3.43. The van der Waals surface area contributed by atoms with Gasteiger partial charge in [0.25, 0.3) is 10.0 Å². The normalized spacial score (nSPS) is 12.6. The average molecular weight is 646 g/mol. The minimum atomic E-state index is -4.19. The van der Waals surface area contributed by atoms with Gasteiger partial charge < -0.3 is 10.2 Å². The largest absolute Gasteiger partial charge is 0.352 e. The number of nitrogens with one attached hydrogen (secondary N) is 1. The molecule has 0 fully saturated rings. The van der Waals surface area contributed by atoms with Crippen LogP contribution in [0, 0.1) is 13.8 Å². The summed E-state index contributed by atoms with van der Waals surface area (Å²) < 4.78 is 29.3. The van der Waals surface area contributed by atoms with Gasteiger partial charge in [-0.25, -0.2) is 8.42 Å². The average Bonchev–Trinajstić information content (AvgIpc) is 3.04. The molecule has 4 rings (SSSR count). The molecule has 0 radical (unpaired) electrons. The zero-order chi connectivity index (χ0) is 32.6. The number of halogens is 1. The zero-order valence-corrected chi connectivity index (χ0v) is 27.7. The van der Waals surface area contributed by atoms with E-state index >= 15 is 0 Å². The van der Waals surface area contributed by atoms with E-state index < -0.39 is 28.5 Å². The van der Waals surface area contributed by atoms with Crippen molar-refractivity contribution in [2.45, 2.75) is 64.1 Å². The van der Waals surface area contributed by atoms with Gasteiger partial charge in [-0.1, -0.05) is 103 Å². The van der Waals surface area contributed by atoms with Crippen molar-refractivity contribution >= 4 is 39.1 Å². The number of benzene rings is 4. The van der Waals surface area contributed by atoms with Crippen LogP contribution < -0.4 is 9.62 Å². The number of aryl methyl sites for hydroxylation is 2. The van der Waals surface area contributed by atoms with Crippen molar-refractivity contribution in [2.24, 2.45) is 0 Å². The Morgan fingerprint density at radius 2 is 1.47 bits per heavy atom. The predicted octanol–water partition coefficient (Wildman–Crippen LogP) is 6.71. The van der Waals surface area contributed by atoms with Gasteiger partial charge in [0.15, 0.2) is 0 Å². The van der Waals surface area contributed by atoms with Gasteiger partial charge in [0.1, 0.15) is 12.6 Å². The second-order valence-electron chi connectivity index (χ2n) is 11.3.